The molecule has 0 amide bonds. The van der Waals surface area contributed by atoms with Crippen molar-refractivity contribution in [3.8, 4) is 6.07 Å². The van der Waals surface area contributed by atoms with E-state index in [1.807, 2.05) is 6.07 Å². The lowest BCUT2D eigenvalue weighted by molar-refractivity contribution is -0.137. The van der Waals surface area contributed by atoms with E-state index < -0.39 is 5.97 Å². The minimum Gasteiger partial charge on any atom is -0.481 e. The van der Waals surface area contributed by atoms with Crippen LogP contribution in [0.3, 0.4) is 0 Å². The molecule has 0 spiro atoms. The van der Waals surface area contributed by atoms with Gasteiger partial charge in [-0.1, -0.05) is 0 Å². The number of nitrogens with one attached hydrogen (secondary N) is 1. The zero-order valence-electron chi connectivity index (χ0n) is 9.13. The topological polar surface area (TPSA) is 98.9 Å². The molecule has 2 N–H and O–H groups in total. The van der Waals surface area contributed by atoms with Crippen LogP contribution >= 0.6 is 0 Å². The summed E-state index contributed by atoms with van der Waals surface area (Å²) in [6.45, 7) is 0. The highest BCUT2D eigenvalue weighted by Crippen LogP contribution is 2.35. The van der Waals surface area contributed by atoms with Gasteiger partial charge in [0.2, 0.25) is 0 Å². The first kappa shape index (κ1) is 11.3. The highest BCUT2D eigenvalue weighted by molar-refractivity contribution is 5.68. The number of carbonyl (C=O) groups is 1. The van der Waals surface area contributed by atoms with Gasteiger partial charge in [-0.05, 0) is 18.8 Å². The molecule has 0 saturated heterocycles. The third-order valence-corrected chi connectivity index (χ3v) is 2.71. The van der Waals surface area contributed by atoms with Gasteiger partial charge in [-0.2, -0.15) is 5.26 Å². The molecule has 17 heavy (non-hydrogen) atoms. The van der Waals surface area contributed by atoms with Crippen LogP contribution in [0.25, 0.3) is 0 Å². The fraction of sp³-hybridized carbons (Fsp3) is 0.455. The average molecular weight is 232 g/mol. The van der Waals surface area contributed by atoms with Crippen molar-refractivity contribution in [2.45, 2.75) is 25.3 Å². The van der Waals surface area contributed by atoms with Crippen molar-refractivity contribution in [2.24, 2.45) is 5.92 Å². The fourth-order valence-corrected chi connectivity index (χ4v) is 1.72. The van der Waals surface area contributed by atoms with Crippen molar-refractivity contribution in [1.82, 2.24) is 9.97 Å². The maximum Gasteiger partial charge on any atom is 0.305 e. The molecule has 0 aliphatic heterocycles. The third kappa shape index (κ3) is 2.91. The Morgan fingerprint density at radius 2 is 2.29 bits per heavy atom. The zero-order valence-corrected chi connectivity index (χ0v) is 9.13. The summed E-state index contributed by atoms with van der Waals surface area (Å²) < 4.78 is 0. The van der Waals surface area contributed by atoms with Crippen LogP contribution in [-0.2, 0) is 4.79 Å². The van der Waals surface area contributed by atoms with Crippen molar-refractivity contribution in [3.05, 3.63) is 18.1 Å². The van der Waals surface area contributed by atoms with Crippen LogP contribution in [0.1, 0.15) is 25.0 Å². The molecule has 1 aliphatic rings. The minimum atomic E-state index is -0.850. The molecule has 2 rings (SSSR count). The Balaban J connectivity index is 2.11. The van der Waals surface area contributed by atoms with Crippen LogP contribution in [0.2, 0.25) is 0 Å². The summed E-state index contributed by atoms with van der Waals surface area (Å²) in [4.78, 5) is 18.6. The minimum absolute atomic E-state index is 0.0338. The molecule has 1 fully saturated rings. The maximum atomic E-state index is 10.7. The molecule has 88 valence electrons. The lowest BCUT2D eigenvalue weighted by Crippen LogP contribution is -2.26. The van der Waals surface area contributed by atoms with Gasteiger partial charge in [0.05, 0.1) is 6.42 Å². The molecule has 0 aromatic carbocycles. The number of nitrogens with zero attached hydrogens (tertiary/aromatic N) is 3. The van der Waals surface area contributed by atoms with Gasteiger partial charge in [-0.3, -0.25) is 4.79 Å². The van der Waals surface area contributed by atoms with E-state index >= 15 is 0 Å². The van der Waals surface area contributed by atoms with E-state index in [1.54, 1.807) is 0 Å². The molecule has 1 aromatic rings. The van der Waals surface area contributed by atoms with Gasteiger partial charge in [0.15, 0.2) is 11.5 Å². The molecule has 1 saturated carbocycles. The zero-order chi connectivity index (χ0) is 12.3. The Hall–Kier alpha value is -2.16. The maximum absolute atomic E-state index is 10.7. The second kappa shape index (κ2) is 4.78. The predicted molar refractivity (Wildman–Crippen MR) is 59.1 cm³/mol. The summed E-state index contributed by atoms with van der Waals surface area (Å²) in [6, 6.07) is 1.76. The van der Waals surface area contributed by atoms with E-state index in [4.69, 9.17) is 10.4 Å². The smallest absolute Gasteiger partial charge is 0.305 e. The fourth-order valence-electron chi connectivity index (χ4n) is 1.72. The van der Waals surface area contributed by atoms with E-state index in [-0.39, 0.29) is 18.2 Å². The van der Waals surface area contributed by atoms with Gasteiger partial charge >= 0.3 is 5.97 Å². The van der Waals surface area contributed by atoms with E-state index in [1.165, 1.54) is 12.4 Å². The molecule has 6 nitrogen and oxygen atoms in total. The monoisotopic (exact) mass is 232 g/mol. The summed E-state index contributed by atoms with van der Waals surface area (Å²) in [5.41, 5.74) is 0.198. The lowest BCUT2D eigenvalue weighted by Gasteiger charge is -2.16. The molecule has 0 radical (unpaired) electrons. The van der Waals surface area contributed by atoms with Gasteiger partial charge < -0.3 is 10.4 Å². The number of carboxylic acid groups (broad SMARTS) is 1. The molecule has 6 heteroatoms. The van der Waals surface area contributed by atoms with Crippen molar-refractivity contribution in [2.75, 3.05) is 5.32 Å². The lowest BCUT2D eigenvalue weighted by atomic mass is 10.1. The predicted octanol–water partition coefficient (Wildman–Crippen LogP) is 1.01. The number of hydrogen-bond donors (Lipinski definition) is 2. The number of anilines is 1. The van der Waals surface area contributed by atoms with Crippen LogP contribution in [0, 0.1) is 17.2 Å². The Morgan fingerprint density at radius 1 is 1.59 bits per heavy atom. The van der Waals surface area contributed by atoms with Gasteiger partial charge in [0.1, 0.15) is 6.07 Å². The second-order valence-electron chi connectivity index (χ2n) is 4.05. The molecule has 1 heterocycles. The van der Waals surface area contributed by atoms with Crippen LogP contribution in [0.15, 0.2) is 12.4 Å². The van der Waals surface area contributed by atoms with Crippen molar-refractivity contribution in [1.29, 1.82) is 5.26 Å². The van der Waals surface area contributed by atoms with E-state index in [2.05, 4.69) is 15.3 Å². The highest BCUT2D eigenvalue weighted by Gasteiger charge is 2.33. The Labute approximate surface area is 98.3 Å². The summed E-state index contributed by atoms with van der Waals surface area (Å²) >= 11 is 0. The van der Waals surface area contributed by atoms with Crippen molar-refractivity contribution >= 4 is 11.8 Å². The first-order valence-corrected chi connectivity index (χ1v) is 5.40. The van der Waals surface area contributed by atoms with E-state index in [9.17, 15) is 4.79 Å². The molecule has 1 atom stereocenters. The summed E-state index contributed by atoms with van der Waals surface area (Å²) in [6.07, 6.45) is 4.99. The first-order valence-electron chi connectivity index (χ1n) is 5.40. The number of hydrogen-bond acceptors (Lipinski definition) is 5. The highest BCUT2D eigenvalue weighted by atomic mass is 16.4. The van der Waals surface area contributed by atoms with Crippen molar-refractivity contribution < 1.29 is 9.90 Å². The first-order chi connectivity index (χ1) is 8.20. The van der Waals surface area contributed by atoms with Crippen molar-refractivity contribution in [3.63, 3.8) is 0 Å². The number of nitriles is 1. The summed E-state index contributed by atoms with van der Waals surface area (Å²) in [7, 11) is 0. The average Bonchev–Trinajstić information content (AvgIpc) is 3.12. The largest absolute Gasteiger partial charge is 0.481 e. The molecular formula is C11H12N4O2. The van der Waals surface area contributed by atoms with E-state index in [0.29, 0.717) is 11.7 Å². The molecule has 1 aromatic heterocycles. The standard InChI is InChI=1S/C11H12N4O2/c12-6-9-11(14-4-3-13-9)15-8(5-10(16)17)7-1-2-7/h3-4,7-8H,1-2,5H2,(H,14,15)(H,16,17). The summed E-state index contributed by atoms with van der Waals surface area (Å²) in [5.74, 6) is -0.121. The van der Waals surface area contributed by atoms with Gasteiger partial charge in [-0.15, -0.1) is 0 Å². The molecule has 1 unspecified atom stereocenters. The third-order valence-electron chi connectivity index (χ3n) is 2.71. The number of carboxylic acids is 1. The number of rotatable bonds is 5. The van der Waals surface area contributed by atoms with Gasteiger partial charge in [-0.25, -0.2) is 9.97 Å². The number of aromatic nitrogens is 2. The second-order valence-corrected chi connectivity index (χ2v) is 4.05. The van der Waals surface area contributed by atoms with Gasteiger partial charge in [0.25, 0.3) is 0 Å². The van der Waals surface area contributed by atoms with E-state index in [0.717, 1.165) is 12.8 Å². The Morgan fingerprint density at radius 3 is 2.88 bits per heavy atom. The SMILES string of the molecule is N#Cc1nccnc1NC(CC(=O)O)C1CC1. The molecule has 1 aliphatic carbocycles. The van der Waals surface area contributed by atoms with Crippen LogP contribution in [0.5, 0.6) is 0 Å². The number of aliphatic carboxylic acids is 1. The van der Waals surface area contributed by atoms with Gasteiger partial charge in [0, 0.05) is 18.4 Å². The normalized spacial score (nSPS) is 15.9. The summed E-state index contributed by atoms with van der Waals surface area (Å²) in [5, 5.41) is 20.7. The quantitative estimate of drug-likeness (QED) is 0.786. The Bertz CT molecular complexity index is 465. The molecular weight excluding hydrogens is 220 g/mol. The Kier molecular flexibility index (Phi) is 3.19. The van der Waals surface area contributed by atoms with Crippen LogP contribution in [-0.4, -0.2) is 27.1 Å². The molecule has 0 bridgehead atoms. The van der Waals surface area contributed by atoms with Crippen LogP contribution < -0.4 is 5.32 Å². The van der Waals surface area contributed by atoms with Crippen LogP contribution in [0.4, 0.5) is 5.82 Å².